The minimum absolute atomic E-state index is 0.0734. The van der Waals surface area contributed by atoms with Crippen LogP contribution in [-0.2, 0) is 19.3 Å². The van der Waals surface area contributed by atoms with Crippen molar-refractivity contribution in [2.45, 2.75) is 22.5 Å². The molecule has 8 heteroatoms. The van der Waals surface area contributed by atoms with Crippen LogP contribution in [0.4, 0.5) is 4.79 Å². The van der Waals surface area contributed by atoms with Gasteiger partial charge in [-0.15, -0.1) is 0 Å². The summed E-state index contributed by atoms with van der Waals surface area (Å²) >= 11 is 0. The second-order valence-corrected chi connectivity index (χ2v) is 6.87. The first kappa shape index (κ1) is 15.7. The van der Waals surface area contributed by atoms with E-state index in [0.717, 1.165) is 12.0 Å². The van der Waals surface area contributed by atoms with Crippen molar-refractivity contribution in [3.05, 3.63) is 30.3 Å². The molecule has 1 heterocycles. The van der Waals surface area contributed by atoms with Crippen molar-refractivity contribution in [1.82, 2.24) is 4.90 Å². The van der Waals surface area contributed by atoms with Gasteiger partial charge in [0.15, 0.2) is 15.6 Å². The Kier molecular flexibility index (Phi) is 4.22. The number of carbonyl (C=O) groups is 1. The Hall–Kier alpha value is -1.64. The van der Waals surface area contributed by atoms with Gasteiger partial charge in [0.2, 0.25) is 0 Å². The fourth-order valence-electron chi connectivity index (χ4n) is 2.31. The maximum absolute atomic E-state index is 12.7. The van der Waals surface area contributed by atoms with E-state index in [2.05, 4.69) is 4.74 Å². The van der Waals surface area contributed by atoms with E-state index in [4.69, 9.17) is 4.74 Å². The van der Waals surface area contributed by atoms with Gasteiger partial charge in [-0.25, -0.2) is 13.2 Å². The van der Waals surface area contributed by atoms with Crippen LogP contribution in [0.5, 0.6) is 0 Å². The monoisotopic (exact) mass is 315 g/mol. The smallest absolute Gasteiger partial charge is 0.410 e. The highest BCUT2D eigenvalue weighted by Crippen LogP contribution is 2.34. The van der Waals surface area contributed by atoms with Crippen LogP contribution in [-0.4, -0.2) is 56.4 Å². The number of aliphatic hydroxyl groups is 1. The van der Waals surface area contributed by atoms with Gasteiger partial charge in [-0.2, -0.15) is 0 Å². The molecule has 1 saturated heterocycles. The van der Waals surface area contributed by atoms with E-state index in [0.29, 0.717) is 0 Å². The Balaban J connectivity index is 2.42. The molecular formula is C13H17NO6S. The van der Waals surface area contributed by atoms with E-state index in [-0.39, 0.29) is 17.9 Å². The van der Waals surface area contributed by atoms with Gasteiger partial charge in [-0.05, 0) is 12.1 Å². The molecule has 0 radical (unpaired) electrons. The van der Waals surface area contributed by atoms with Crippen LogP contribution in [0.2, 0.25) is 0 Å². The van der Waals surface area contributed by atoms with E-state index in [1.54, 1.807) is 18.2 Å². The van der Waals surface area contributed by atoms with Crippen molar-refractivity contribution in [1.29, 1.82) is 0 Å². The molecule has 0 bridgehead atoms. The number of hydrogen-bond donors (Lipinski definition) is 1. The van der Waals surface area contributed by atoms with Crippen molar-refractivity contribution in [3.63, 3.8) is 0 Å². The number of amides is 1. The number of rotatable bonds is 3. The number of methoxy groups -OCH3 is 2. The van der Waals surface area contributed by atoms with E-state index >= 15 is 0 Å². The molecule has 0 saturated carbocycles. The summed E-state index contributed by atoms with van der Waals surface area (Å²) in [7, 11) is -1.43. The molecule has 1 amide bonds. The first-order valence-electron chi connectivity index (χ1n) is 6.25. The molecule has 1 aliphatic rings. The van der Waals surface area contributed by atoms with Gasteiger partial charge in [-0.3, -0.25) is 4.90 Å². The Morgan fingerprint density at radius 2 is 1.95 bits per heavy atom. The first-order chi connectivity index (χ1) is 9.84. The van der Waals surface area contributed by atoms with Gasteiger partial charge in [0.25, 0.3) is 0 Å². The van der Waals surface area contributed by atoms with Gasteiger partial charge in [0, 0.05) is 13.5 Å². The summed E-state index contributed by atoms with van der Waals surface area (Å²) in [6.07, 6.45) is -1.07. The lowest BCUT2D eigenvalue weighted by atomic mass is 10.2. The molecule has 1 aromatic carbocycles. The highest BCUT2D eigenvalue weighted by Gasteiger charge is 2.51. The second-order valence-electron chi connectivity index (χ2n) is 4.77. The van der Waals surface area contributed by atoms with Crippen LogP contribution in [0.25, 0.3) is 0 Å². The number of sulfone groups is 1. The normalized spacial score (nSPS) is 25.9. The number of nitrogens with zero attached hydrogens (tertiary/aromatic N) is 1. The highest BCUT2D eigenvalue weighted by atomic mass is 32.2. The lowest BCUT2D eigenvalue weighted by Gasteiger charge is -2.22. The number of hydrogen-bond acceptors (Lipinski definition) is 6. The Morgan fingerprint density at radius 1 is 1.33 bits per heavy atom. The summed E-state index contributed by atoms with van der Waals surface area (Å²) < 4.78 is 34.8. The zero-order valence-corrected chi connectivity index (χ0v) is 12.5. The lowest BCUT2D eigenvalue weighted by Crippen LogP contribution is -2.41. The zero-order valence-electron chi connectivity index (χ0n) is 11.7. The van der Waals surface area contributed by atoms with Crippen LogP contribution in [0.1, 0.15) is 6.42 Å². The summed E-state index contributed by atoms with van der Waals surface area (Å²) in [4.78, 5) is 12.8. The molecule has 1 aliphatic heterocycles. The summed E-state index contributed by atoms with van der Waals surface area (Å²) in [5.74, 6) is -1.71. The molecule has 0 spiro atoms. The number of ether oxygens (including phenoxy) is 2. The largest absolute Gasteiger partial charge is 0.453 e. The van der Waals surface area contributed by atoms with Crippen molar-refractivity contribution in [2.24, 2.45) is 0 Å². The van der Waals surface area contributed by atoms with Crippen LogP contribution >= 0.6 is 0 Å². The quantitative estimate of drug-likeness (QED) is 0.821. The highest BCUT2D eigenvalue weighted by molar-refractivity contribution is 7.92. The van der Waals surface area contributed by atoms with Gasteiger partial charge in [-0.1, -0.05) is 18.2 Å². The molecule has 2 atom stereocenters. The summed E-state index contributed by atoms with van der Waals surface area (Å²) in [6.45, 7) is -0.271. The standard InChI is InChI=1S/C13H17NO6S/c1-19-12(15)14-9-13(16,20-2)8-11(14)21(17,18)10-6-4-3-5-7-10/h3-7,11,16H,8-9H2,1-2H3/t11-,13-/m1/s1. The van der Waals surface area contributed by atoms with Crippen LogP contribution in [0.15, 0.2) is 35.2 Å². The Morgan fingerprint density at radius 3 is 2.48 bits per heavy atom. The molecule has 0 aliphatic carbocycles. The summed E-state index contributed by atoms with van der Waals surface area (Å²) in [5, 5.41) is 8.92. The summed E-state index contributed by atoms with van der Waals surface area (Å²) in [5.41, 5.74) is 0. The Labute approximate surface area is 123 Å². The van der Waals surface area contributed by atoms with Crippen molar-refractivity contribution >= 4 is 15.9 Å². The van der Waals surface area contributed by atoms with E-state index in [9.17, 15) is 18.3 Å². The molecule has 21 heavy (non-hydrogen) atoms. The number of β-amino-alcohol motifs (C(OH)–C–C–N with tert-alkyl or cyclic N) is 1. The third-order valence-corrected chi connectivity index (χ3v) is 5.54. The molecule has 0 unspecified atom stereocenters. The molecule has 7 nitrogen and oxygen atoms in total. The average Bonchev–Trinajstić information content (AvgIpc) is 2.87. The molecular weight excluding hydrogens is 298 g/mol. The fourth-order valence-corrected chi connectivity index (χ4v) is 4.13. The second kappa shape index (κ2) is 5.63. The number of carbonyl (C=O) groups excluding carboxylic acids is 1. The number of benzene rings is 1. The molecule has 0 aromatic heterocycles. The van der Waals surface area contributed by atoms with Gasteiger partial charge >= 0.3 is 6.09 Å². The Bertz CT molecular complexity index is 617. The minimum Gasteiger partial charge on any atom is -0.453 e. The molecule has 2 rings (SSSR count). The summed E-state index contributed by atoms with van der Waals surface area (Å²) in [6, 6.07) is 7.75. The molecule has 1 fully saturated rings. The zero-order chi connectivity index (χ0) is 15.7. The number of likely N-dealkylation sites (tertiary alicyclic amines) is 1. The third-order valence-electron chi connectivity index (χ3n) is 3.48. The SMILES string of the molecule is COC(=O)N1C[C@](O)(OC)C[C@H]1S(=O)(=O)c1ccccc1. The van der Waals surface area contributed by atoms with Crippen LogP contribution in [0, 0.1) is 0 Å². The predicted molar refractivity (Wildman–Crippen MR) is 73.1 cm³/mol. The van der Waals surface area contributed by atoms with Crippen molar-refractivity contribution in [2.75, 3.05) is 20.8 Å². The van der Waals surface area contributed by atoms with Crippen LogP contribution < -0.4 is 0 Å². The topological polar surface area (TPSA) is 93.1 Å². The maximum Gasteiger partial charge on any atom is 0.410 e. The average molecular weight is 315 g/mol. The van der Waals surface area contributed by atoms with Crippen LogP contribution in [0.3, 0.4) is 0 Å². The predicted octanol–water partition coefficient (Wildman–Crippen LogP) is 0.593. The third kappa shape index (κ3) is 2.87. The lowest BCUT2D eigenvalue weighted by molar-refractivity contribution is -0.172. The first-order valence-corrected chi connectivity index (χ1v) is 7.80. The van der Waals surface area contributed by atoms with Gasteiger partial charge < -0.3 is 14.6 Å². The maximum atomic E-state index is 12.7. The van der Waals surface area contributed by atoms with E-state index in [1.807, 2.05) is 0 Å². The molecule has 1 N–H and O–H groups in total. The van der Waals surface area contributed by atoms with Crippen molar-refractivity contribution in [3.8, 4) is 0 Å². The van der Waals surface area contributed by atoms with E-state index in [1.165, 1.54) is 19.2 Å². The minimum atomic E-state index is -3.84. The van der Waals surface area contributed by atoms with Gasteiger partial charge in [0.05, 0.1) is 18.6 Å². The van der Waals surface area contributed by atoms with E-state index < -0.39 is 27.1 Å². The van der Waals surface area contributed by atoms with Crippen molar-refractivity contribution < 1.29 is 27.8 Å². The molecule has 116 valence electrons. The van der Waals surface area contributed by atoms with Gasteiger partial charge in [0.1, 0.15) is 5.37 Å². The molecule has 1 aromatic rings. The fraction of sp³-hybridized carbons (Fsp3) is 0.462.